The van der Waals surface area contributed by atoms with Gasteiger partial charge in [0, 0.05) is 22.0 Å². The molecule has 0 N–H and O–H groups in total. The van der Waals surface area contributed by atoms with Crippen LogP contribution in [0.3, 0.4) is 0 Å². The Balaban J connectivity index is 0.000000400. The van der Waals surface area contributed by atoms with Gasteiger partial charge in [-0.05, 0) is 25.0 Å². The number of hydrogen-bond acceptors (Lipinski definition) is 3. The predicted octanol–water partition coefficient (Wildman–Crippen LogP) is 4.05. The zero-order valence-corrected chi connectivity index (χ0v) is 14.3. The maximum atomic E-state index is 11.7. The minimum absolute atomic E-state index is 0.121. The molecule has 0 aromatic heterocycles. The van der Waals surface area contributed by atoms with Crippen molar-refractivity contribution in [1.82, 2.24) is 0 Å². The van der Waals surface area contributed by atoms with Gasteiger partial charge in [0.05, 0.1) is 0 Å². The van der Waals surface area contributed by atoms with Gasteiger partial charge >= 0.3 is 12.1 Å². The van der Waals surface area contributed by atoms with E-state index in [4.69, 9.17) is 4.74 Å². The van der Waals surface area contributed by atoms with E-state index in [9.17, 15) is 18.0 Å². The molecule has 0 aliphatic carbocycles. The van der Waals surface area contributed by atoms with E-state index in [1.54, 1.807) is 6.07 Å². The van der Waals surface area contributed by atoms with Crippen molar-refractivity contribution in [1.29, 1.82) is 0 Å². The molecule has 0 spiro atoms. The number of benzene rings is 1. The number of hydrogen-bond donors (Lipinski definition) is 0. The molecule has 0 radical (unpaired) electrons. The van der Waals surface area contributed by atoms with Gasteiger partial charge in [-0.2, -0.15) is 13.2 Å². The SMILES string of the molecule is C1CCOC1.C[SiH](C)C.O=C(Oc1ccccc1)C(F)(F)F. The monoisotopic (exact) mass is 336 g/mol. The molecule has 22 heavy (non-hydrogen) atoms. The topological polar surface area (TPSA) is 35.5 Å². The van der Waals surface area contributed by atoms with Crippen LogP contribution >= 0.6 is 0 Å². The van der Waals surface area contributed by atoms with Crippen molar-refractivity contribution in [3.05, 3.63) is 30.3 Å². The Morgan fingerprint density at radius 3 is 1.86 bits per heavy atom. The van der Waals surface area contributed by atoms with Crippen molar-refractivity contribution >= 4 is 14.8 Å². The normalized spacial score (nSPS) is 13.6. The first-order valence-corrected chi connectivity index (χ1v) is 10.6. The third kappa shape index (κ3) is 12.4. The Labute approximate surface area is 131 Å². The lowest BCUT2D eigenvalue weighted by molar-refractivity contribution is -0.189. The van der Waals surface area contributed by atoms with Crippen molar-refractivity contribution in [2.75, 3.05) is 13.2 Å². The summed E-state index contributed by atoms with van der Waals surface area (Å²) < 4.78 is 43.9. The Bertz CT molecular complexity index is 394. The Hall–Kier alpha value is -1.34. The molecule has 0 atom stereocenters. The van der Waals surface area contributed by atoms with Crippen molar-refractivity contribution in [2.24, 2.45) is 0 Å². The fourth-order valence-corrected chi connectivity index (χ4v) is 1.16. The number of esters is 1. The van der Waals surface area contributed by atoms with Gasteiger partial charge in [0.15, 0.2) is 0 Å². The Morgan fingerprint density at radius 2 is 1.55 bits per heavy atom. The van der Waals surface area contributed by atoms with Gasteiger partial charge in [0.25, 0.3) is 0 Å². The van der Waals surface area contributed by atoms with Crippen molar-refractivity contribution < 1.29 is 27.4 Å². The molecular weight excluding hydrogens is 313 g/mol. The first kappa shape index (κ1) is 20.7. The number of carbonyl (C=O) groups is 1. The summed E-state index contributed by atoms with van der Waals surface area (Å²) in [5.74, 6) is -2.33. The second kappa shape index (κ2) is 11.3. The summed E-state index contributed by atoms with van der Waals surface area (Å²) in [5.41, 5.74) is 0. The van der Waals surface area contributed by atoms with Crippen LogP contribution in [-0.4, -0.2) is 34.2 Å². The molecule has 1 aromatic rings. The Kier molecular flexibility index (Phi) is 10.6. The van der Waals surface area contributed by atoms with Crippen molar-refractivity contribution in [3.63, 3.8) is 0 Å². The number of alkyl halides is 3. The summed E-state index contributed by atoms with van der Waals surface area (Å²) in [6.45, 7) is 8.92. The van der Waals surface area contributed by atoms with Crippen LogP contribution in [0, 0.1) is 0 Å². The van der Waals surface area contributed by atoms with Crippen LogP contribution in [0.25, 0.3) is 0 Å². The third-order valence-corrected chi connectivity index (χ3v) is 2.01. The van der Waals surface area contributed by atoms with E-state index in [1.807, 2.05) is 0 Å². The molecule has 1 aromatic carbocycles. The highest BCUT2D eigenvalue weighted by molar-refractivity contribution is 6.54. The Morgan fingerprint density at radius 1 is 1.09 bits per heavy atom. The van der Waals surface area contributed by atoms with Crippen LogP contribution in [0.1, 0.15) is 12.8 Å². The lowest BCUT2D eigenvalue weighted by Gasteiger charge is -2.05. The molecule has 7 heteroatoms. The summed E-state index contributed by atoms with van der Waals surface area (Å²) in [7, 11) is -0.139. The second-order valence-corrected chi connectivity index (χ2v) is 8.72. The summed E-state index contributed by atoms with van der Waals surface area (Å²) in [4.78, 5) is 10.3. The zero-order chi connectivity index (χ0) is 17.0. The van der Waals surface area contributed by atoms with Gasteiger partial charge in [-0.3, -0.25) is 0 Å². The molecule has 0 amide bonds. The molecule has 0 unspecified atom stereocenters. The van der Waals surface area contributed by atoms with Crippen LogP contribution < -0.4 is 4.74 Å². The maximum absolute atomic E-state index is 11.7. The fourth-order valence-electron chi connectivity index (χ4n) is 1.16. The van der Waals surface area contributed by atoms with Gasteiger partial charge in [-0.25, -0.2) is 4.79 Å². The van der Waals surface area contributed by atoms with Gasteiger partial charge in [0.1, 0.15) is 5.75 Å². The molecule has 1 aliphatic heterocycles. The van der Waals surface area contributed by atoms with E-state index in [2.05, 4.69) is 24.4 Å². The predicted molar refractivity (Wildman–Crippen MR) is 82.9 cm³/mol. The van der Waals surface area contributed by atoms with E-state index < -0.39 is 12.1 Å². The second-order valence-electron chi connectivity index (χ2n) is 5.25. The summed E-state index contributed by atoms with van der Waals surface area (Å²) in [5, 5.41) is 0. The highest BCUT2D eigenvalue weighted by Crippen LogP contribution is 2.19. The highest BCUT2D eigenvalue weighted by atomic mass is 28.3. The number of carbonyl (C=O) groups excluding carboxylic acids is 1. The van der Waals surface area contributed by atoms with Gasteiger partial charge in [-0.1, -0.05) is 37.8 Å². The molecule has 1 heterocycles. The lowest BCUT2D eigenvalue weighted by Crippen LogP contribution is -2.27. The maximum Gasteiger partial charge on any atom is 0.491 e. The minimum atomic E-state index is -4.95. The first-order valence-electron chi connectivity index (χ1n) is 7.15. The molecule has 126 valence electrons. The number of ether oxygens (including phenoxy) is 2. The summed E-state index contributed by atoms with van der Waals surface area (Å²) in [6.07, 6.45) is -2.39. The van der Waals surface area contributed by atoms with Crippen LogP contribution in [0.5, 0.6) is 5.75 Å². The molecule has 1 fully saturated rings. The molecule has 0 bridgehead atoms. The van der Waals surface area contributed by atoms with Crippen LogP contribution in [0.2, 0.25) is 19.6 Å². The molecule has 1 saturated heterocycles. The van der Waals surface area contributed by atoms with Crippen molar-refractivity contribution in [3.8, 4) is 5.75 Å². The quantitative estimate of drug-likeness (QED) is 0.441. The van der Waals surface area contributed by atoms with Gasteiger partial charge in [0.2, 0.25) is 0 Å². The summed E-state index contributed by atoms with van der Waals surface area (Å²) in [6, 6.07) is 7.08. The van der Waals surface area contributed by atoms with Gasteiger partial charge in [-0.15, -0.1) is 0 Å². The van der Waals surface area contributed by atoms with Crippen molar-refractivity contribution in [2.45, 2.75) is 38.7 Å². The molecule has 0 saturated carbocycles. The number of halogens is 3. The summed E-state index contributed by atoms with van der Waals surface area (Å²) >= 11 is 0. The highest BCUT2D eigenvalue weighted by Gasteiger charge is 2.41. The lowest BCUT2D eigenvalue weighted by atomic mass is 10.3. The van der Waals surface area contributed by atoms with E-state index in [1.165, 1.54) is 37.1 Å². The van der Waals surface area contributed by atoms with Crippen LogP contribution in [-0.2, 0) is 9.53 Å². The average Bonchev–Trinajstić information content (AvgIpc) is 2.97. The van der Waals surface area contributed by atoms with E-state index in [0.717, 1.165) is 13.2 Å². The first-order chi connectivity index (χ1) is 10.2. The standard InChI is InChI=1S/C8H5F3O2.C4H8O.C3H10Si/c9-8(10,11)7(12)13-6-4-2-1-3-5-6;1-2-4-5-3-1;1-4(2)3/h1-5H;1-4H2;4H,1-3H3. The van der Waals surface area contributed by atoms with Crippen LogP contribution in [0.15, 0.2) is 30.3 Å². The number of rotatable bonds is 1. The molecule has 3 nitrogen and oxygen atoms in total. The van der Waals surface area contributed by atoms with E-state index in [-0.39, 0.29) is 14.5 Å². The van der Waals surface area contributed by atoms with Gasteiger partial charge < -0.3 is 9.47 Å². The fraction of sp³-hybridized carbons (Fsp3) is 0.533. The molecule has 2 rings (SSSR count). The third-order valence-electron chi connectivity index (χ3n) is 2.01. The average molecular weight is 336 g/mol. The molecule has 1 aliphatic rings. The smallest absolute Gasteiger partial charge is 0.420 e. The van der Waals surface area contributed by atoms with E-state index >= 15 is 0 Å². The zero-order valence-electron chi connectivity index (χ0n) is 13.2. The minimum Gasteiger partial charge on any atom is -0.420 e. The van der Waals surface area contributed by atoms with E-state index in [0.29, 0.717) is 0 Å². The molecular formula is C15H23F3O3Si. The largest absolute Gasteiger partial charge is 0.491 e. The van der Waals surface area contributed by atoms with Crippen LogP contribution in [0.4, 0.5) is 13.2 Å². The number of para-hydroxylation sites is 1.